The lowest BCUT2D eigenvalue weighted by Gasteiger charge is -2.15. The Morgan fingerprint density at radius 3 is 1.88 bits per heavy atom. The summed E-state index contributed by atoms with van der Waals surface area (Å²) in [5.41, 5.74) is 2.75. The van der Waals surface area contributed by atoms with Gasteiger partial charge in [0.05, 0.1) is 6.61 Å². The minimum atomic E-state index is 0.558. The van der Waals surface area contributed by atoms with E-state index in [0.717, 1.165) is 18.8 Å². The molecule has 0 aliphatic rings. The number of benzene rings is 1. The zero-order valence-electron chi connectivity index (χ0n) is 11.9. The van der Waals surface area contributed by atoms with Gasteiger partial charge >= 0.3 is 0 Å². The van der Waals surface area contributed by atoms with Gasteiger partial charge in [-0.25, -0.2) is 0 Å². The summed E-state index contributed by atoms with van der Waals surface area (Å²) in [5, 5.41) is 0. The minimum absolute atomic E-state index is 0.558. The van der Waals surface area contributed by atoms with Crippen molar-refractivity contribution in [3.63, 3.8) is 0 Å². The summed E-state index contributed by atoms with van der Waals surface area (Å²) in [6, 6.07) is 6.68. The molecule has 0 aromatic heterocycles. The molecule has 0 bridgehead atoms. The van der Waals surface area contributed by atoms with Crippen LogP contribution in [0.3, 0.4) is 0 Å². The zero-order chi connectivity index (χ0) is 12.8. The number of unbranched alkanes of at least 4 members (excludes halogenated alkanes) is 1. The molecule has 0 unspecified atom stereocenters. The van der Waals surface area contributed by atoms with Crippen LogP contribution in [0.4, 0.5) is 0 Å². The Kier molecular flexibility index (Phi) is 5.54. The summed E-state index contributed by atoms with van der Waals surface area (Å²) in [5.74, 6) is 2.15. The lowest BCUT2D eigenvalue weighted by Crippen LogP contribution is -2.00. The van der Waals surface area contributed by atoms with Gasteiger partial charge in [0.15, 0.2) is 0 Å². The fourth-order valence-corrected chi connectivity index (χ4v) is 1.73. The second-order valence-corrected chi connectivity index (χ2v) is 5.35. The van der Waals surface area contributed by atoms with Crippen molar-refractivity contribution in [3.05, 3.63) is 29.3 Å². The molecule has 0 aliphatic heterocycles. The maximum atomic E-state index is 5.83. The van der Waals surface area contributed by atoms with E-state index in [4.69, 9.17) is 4.74 Å². The second-order valence-electron chi connectivity index (χ2n) is 5.35. The van der Waals surface area contributed by atoms with Crippen LogP contribution in [-0.2, 0) is 0 Å². The van der Waals surface area contributed by atoms with Crippen molar-refractivity contribution >= 4 is 0 Å². The number of hydrogen-bond acceptors (Lipinski definition) is 1. The molecule has 0 aliphatic carbocycles. The topological polar surface area (TPSA) is 9.23 Å². The van der Waals surface area contributed by atoms with Gasteiger partial charge < -0.3 is 4.74 Å². The van der Waals surface area contributed by atoms with Crippen LogP contribution < -0.4 is 4.74 Å². The van der Waals surface area contributed by atoms with Crippen molar-refractivity contribution in [2.45, 2.75) is 59.3 Å². The third kappa shape index (κ3) is 4.41. The highest BCUT2D eigenvalue weighted by Crippen LogP contribution is 2.27. The number of rotatable bonds is 6. The molecule has 1 aromatic carbocycles. The van der Waals surface area contributed by atoms with Gasteiger partial charge in [0.25, 0.3) is 0 Å². The Morgan fingerprint density at radius 2 is 1.47 bits per heavy atom. The first-order chi connectivity index (χ1) is 8.04. The van der Waals surface area contributed by atoms with E-state index in [9.17, 15) is 0 Å². The number of ether oxygens (including phenoxy) is 1. The van der Waals surface area contributed by atoms with E-state index < -0.39 is 0 Å². The molecule has 0 atom stereocenters. The summed E-state index contributed by atoms with van der Waals surface area (Å²) in [6.07, 6.45) is 2.31. The predicted octanol–water partition coefficient (Wildman–Crippen LogP) is 5.11. The molecule has 0 spiro atoms. The quantitative estimate of drug-likeness (QED) is 0.621. The fraction of sp³-hybridized carbons (Fsp3) is 0.625. The molecule has 1 rings (SSSR count). The van der Waals surface area contributed by atoms with Gasteiger partial charge in [-0.3, -0.25) is 0 Å². The Balaban J connectivity index is 2.88. The SMILES string of the molecule is CCCCOc1cc(C(C)C)cc(C(C)C)c1. The largest absolute Gasteiger partial charge is 0.494 e. The van der Waals surface area contributed by atoms with Gasteiger partial charge in [-0.1, -0.05) is 47.1 Å². The molecule has 0 saturated carbocycles. The monoisotopic (exact) mass is 234 g/mol. The second kappa shape index (κ2) is 6.68. The molecule has 1 aromatic rings. The minimum Gasteiger partial charge on any atom is -0.494 e. The van der Waals surface area contributed by atoms with Crippen molar-refractivity contribution in [2.75, 3.05) is 6.61 Å². The van der Waals surface area contributed by atoms with Crippen molar-refractivity contribution in [3.8, 4) is 5.75 Å². The molecule has 0 heterocycles. The molecule has 1 heteroatoms. The van der Waals surface area contributed by atoms with Crippen molar-refractivity contribution in [1.29, 1.82) is 0 Å². The van der Waals surface area contributed by atoms with E-state index in [1.807, 2.05) is 0 Å². The lowest BCUT2D eigenvalue weighted by molar-refractivity contribution is 0.308. The Hall–Kier alpha value is -0.980. The van der Waals surface area contributed by atoms with Crippen molar-refractivity contribution in [2.24, 2.45) is 0 Å². The maximum Gasteiger partial charge on any atom is 0.119 e. The molecule has 17 heavy (non-hydrogen) atoms. The third-order valence-electron chi connectivity index (χ3n) is 3.05. The van der Waals surface area contributed by atoms with Crippen LogP contribution in [-0.4, -0.2) is 6.61 Å². The molecule has 0 radical (unpaired) electrons. The van der Waals surface area contributed by atoms with E-state index in [0.29, 0.717) is 11.8 Å². The first kappa shape index (κ1) is 14.1. The van der Waals surface area contributed by atoms with Crippen LogP contribution >= 0.6 is 0 Å². The van der Waals surface area contributed by atoms with Gasteiger partial charge in [-0.15, -0.1) is 0 Å². The Bertz CT molecular complexity index is 313. The summed E-state index contributed by atoms with van der Waals surface area (Å²) >= 11 is 0. The average Bonchev–Trinajstić information content (AvgIpc) is 2.29. The molecular weight excluding hydrogens is 208 g/mol. The Labute approximate surface area is 106 Å². The average molecular weight is 234 g/mol. The lowest BCUT2D eigenvalue weighted by atomic mass is 9.95. The maximum absolute atomic E-state index is 5.83. The predicted molar refractivity (Wildman–Crippen MR) is 75.0 cm³/mol. The third-order valence-corrected chi connectivity index (χ3v) is 3.05. The van der Waals surface area contributed by atoms with Crippen LogP contribution in [0.25, 0.3) is 0 Å². The zero-order valence-corrected chi connectivity index (χ0v) is 11.9. The van der Waals surface area contributed by atoms with Crippen LogP contribution in [0.15, 0.2) is 18.2 Å². The van der Waals surface area contributed by atoms with Crippen LogP contribution in [0, 0.1) is 0 Å². The molecule has 0 fully saturated rings. The van der Waals surface area contributed by atoms with Crippen LogP contribution in [0.2, 0.25) is 0 Å². The first-order valence-corrected chi connectivity index (χ1v) is 6.82. The molecule has 1 nitrogen and oxygen atoms in total. The highest BCUT2D eigenvalue weighted by atomic mass is 16.5. The van der Waals surface area contributed by atoms with Crippen LogP contribution in [0.1, 0.15) is 70.4 Å². The van der Waals surface area contributed by atoms with Crippen LogP contribution in [0.5, 0.6) is 5.75 Å². The smallest absolute Gasteiger partial charge is 0.119 e. The van der Waals surface area contributed by atoms with Crippen molar-refractivity contribution in [1.82, 2.24) is 0 Å². The summed E-state index contributed by atoms with van der Waals surface area (Å²) < 4.78 is 5.83. The van der Waals surface area contributed by atoms with Gasteiger partial charge in [-0.05, 0) is 41.5 Å². The summed E-state index contributed by atoms with van der Waals surface area (Å²) in [6.45, 7) is 11.9. The van der Waals surface area contributed by atoms with Gasteiger partial charge in [0.2, 0.25) is 0 Å². The van der Waals surface area contributed by atoms with E-state index in [-0.39, 0.29) is 0 Å². The van der Waals surface area contributed by atoms with Gasteiger partial charge in [0.1, 0.15) is 5.75 Å². The molecular formula is C16H26O. The number of hydrogen-bond donors (Lipinski definition) is 0. The highest BCUT2D eigenvalue weighted by Gasteiger charge is 2.07. The van der Waals surface area contributed by atoms with Gasteiger partial charge in [0, 0.05) is 0 Å². The molecule has 0 saturated heterocycles. The molecule has 0 N–H and O–H groups in total. The van der Waals surface area contributed by atoms with E-state index >= 15 is 0 Å². The first-order valence-electron chi connectivity index (χ1n) is 6.82. The Morgan fingerprint density at radius 1 is 0.941 bits per heavy atom. The molecule has 0 amide bonds. The van der Waals surface area contributed by atoms with E-state index in [1.165, 1.54) is 17.5 Å². The van der Waals surface area contributed by atoms with Crippen molar-refractivity contribution < 1.29 is 4.74 Å². The standard InChI is InChI=1S/C16H26O/c1-6-7-8-17-16-10-14(12(2)3)9-15(11-16)13(4)5/h9-13H,6-8H2,1-5H3. The molecule has 96 valence electrons. The fourth-order valence-electron chi connectivity index (χ4n) is 1.73. The normalized spacial score (nSPS) is 11.2. The van der Waals surface area contributed by atoms with E-state index in [1.54, 1.807) is 0 Å². The van der Waals surface area contributed by atoms with E-state index in [2.05, 4.69) is 52.8 Å². The summed E-state index contributed by atoms with van der Waals surface area (Å²) in [4.78, 5) is 0. The summed E-state index contributed by atoms with van der Waals surface area (Å²) in [7, 11) is 0. The highest BCUT2D eigenvalue weighted by molar-refractivity contribution is 5.37. The van der Waals surface area contributed by atoms with Gasteiger partial charge in [-0.2, -0.15) is 0 Å².